The highest BCUT2D eigenvalue weighted by Gasteiger charge is 2.46. The van der Waals surface area contributed by atoms with Crippen LogP contribution in [-0.4, -0.2) is 121 Å². The number of methoxy groups -OCH3 is 2. The van der Waals surface area contributed by atoms with Crippen molar-refractivity contribution in [2.24, 2.45) is 17.8 Å². The van der Waals surface area contributed by atoms with E-state index in [2.05, 4.69) is 20.9 Å². The van der Waals surface area contributed by atoms with Crippen molar-refractivity contribution in [2.45, 2.75) is 148 Å². The second-order valence-electron chi connectivity index (χ2n) is 17.2. The zero-order chi connectivity index (χ0) is 44.7. The van der Waals surface area contributed by atoms with E-state index in [9.17, 15) is 24.0 Å². The SMILES string of the molecule is CCOCCC(=O)NC1(C(=O)N[C@H](C(=O)N(C)[C@@H]([C@@H](C)CC)[C@@H](CC(=O)N2CCC[C@H]2[C@H](OC)[C@@H](C)C(=O)N[C@@H](Cc2ccccc2)c2nccs2)OC)C(C)C)CCCC1. The van der Waals surface area contributed by atoms with Gasteiger partial charge < -0.3 is 40.0 Å². The lowest BCUT2D eigenvalue weighted by Crippen LogP contribution is -2.63. The van der Waals surface area contributed by atoms with Crippen molar-refractivity contribution in [3.8, 4) is 0 Å². The molecule has 1 aromatic carbocycles. The van der Waals surface area contributed by atoms with Crippen molar-refractivity contribution >= 4 is 40.9 Å². The number of hydrogen-bond acceptors (Lipinski definition) is 10. The molecular weight excluding hydrogens is 797 g/mol. The van der Waals surface area contributed by atoms with E-state index in [-0.39, 0.29) is 72.9 Å². The number of amides is 5. The molecule has 1 aromatic heterocycles. The largest absolute Gasteiger partial charge is 0.381 e. The minimum Gasteiger partial charge on any atom is -0.381 e. The first-order valence-electron chi connectivity index (χ1n) is 22.3. The van der Waals surface area contributed by atoms with Crippen LogP contribution < -0.4 is 16.0 Å². The standard InChI is InChI=1S/C46H72N6O8S/c1-10-31(5)40(51(7)44(56)39(30(3)4)49-45(57)46(22-15-16-23-46)50-37(53)21-26-60-11-2)36(58-8)29-38(54)52-25-17-20-35(52)41(59-9)32(6)42(55)48-34(43-47-24-27-61-43)28-33-18-13-12-14-19-33/h12-14,18-19,24,27,30-32,34-36,39-41H,10-11,15-17,20-23,25-26,28-29H2,1-9H3,(H,48,55)(H,49,57)(H,50,53)/t31-,32+,34-,35-,36+,39-,40-,41+/m0/s1. The van der Waals surface area contributed by atoms with Crippen LogP contribution >= 0.6 is 11.3 Å². The first-order chi connectivity index (χ1) is 29.2. The molecule has 61 heavy (non-hydrogen) atoms. The molecule has 0 spiro atoms. The van der Waals surface area contributed by atoms with Crippen LogP contribution in [-0.2, 0) is 44.6 Å². The highest BCUT2D eigenvalue weighted by molar-refractivity contribution is 7.09. The number of aromatic nitrogens is 1. The lowest BCUT2D eigenvalue weighted by atomic mass is 9.89. The van der Waals surface area contributed by atoms with Gasteiger partial charge in [-0.25, -0.2) is 4.98 Å². The Labute approximate surface area is 367 Å². The van der Waals surface area contributed by atoms with Gasteiger partial charge in [0.25, 0.3) is 0 Å². The Bertz CT molecular complexity index is 1690. The Balaban J connectivity index is 1.48. The Morgan fingerprint density at radius 2 is 1.69 bits per heavy atom. The van der Waals surface area contributed by atoms with Crippen LogP contribution in [0.1, 0.15) is 116 Å². The van der Waals surface area contributed by atoms with Gasteiger partial charge in [-0.15, -0.1) is 11.3 Å². The van der Waals surface area contributed by atoms with E-state index in [1.165, 1.54) is 11.3 Å². The number of likely N-dealkylation sites (tertiary alicyclic amines) is 1. The van der Waals surface area contributed by atoms with Crippen molar-refractivity contribution in [2.75, 3.05) is 41.0 Å². The molecule has 15 heteroatoms. The fourth-order valence-electron chi connectivity index (χ4n) is 9.10. The Morgan fingerprint density at radius 1 is 0.984 bits per heavy atom. The number of ether oxygens (including phenoxy) is 3. The number of nitrogens with zero attached hydrogens (tertiary/aromatic N) is 3. The zero-order valence-electron chi connectivity index (χ0n) is 37.9. The molecule has 0 bridgehead atoms. The summed E-state index contributed by atoms with van der Waals surface area (Å²) < 4.78 is 17.5. The molecule has 1 aliphatic carbocycles. The third-order valence-corrected chi connectivity index (χ3v) is 13.7. The number of carbonyl (C=O) groups excluding carboxylic acids is 5. The zero-order valence-corrected chi connectivity index (χ0v) is 38.8. The molecule has 2 heterocycles. The van der Waals surface area contributed by atoms with E-state index < -0.39 is 35.7 Å². The monoisotopic (exact) mass is 869 g/mol. The van der Waals surface area contributed by atoms with Crippen molar-refractivity contribution < 1.29 is 38.2 Å². The number of hydrogen-bond donors (Lipinski definition) is 3. The summed E-state index contributed by atoms with van der Waals surface area (Å²) in [7, 11) is 4.87. The van der Waals surface area contributed by atoms with E-state index in [1.54, 1.807) is 32.4 Å². The summed E-state index contributed by atoms with van der Waals surface area (Å²) in [4.78, 5) is 77.8. The molecule has 4 rings (SSSR count). The molecule has 2 aromatic rings. The van der Waals surface area contributed by atoms with Gasteiger partial charge in [-0.2, -0.15) is 0 Å². The van der Waals surface area contributed by atoms with E-state index in [4.69, 9.17) is 14.2 Å². The highest BCUT2D eigenvalue weighted by Crippen LogP contribution is 2.32. The number of carbonyl (C=O) groups is 5. The van der Waals surface area contributed by atoms with E-state index in [0.29, 0.717) is 45.3 Å². The summed E-state index contributed by atoms with van der Waals surface area (Å²) in [5.41, 5.74) is -0.0124. The van der Waals surface area contributed by atoms with Gasteiger partial charge in [0, 0.05) is 52.4 Å². The molecule has 2 fully saturated rings. The molecule has 2 aliphatic rings. The Hall–Kier alpha value is -3.92. The second kappa shape index (κ2) is 24.1. The Morgan fingerprint density at radius 3 is 2.28 bits per heavy atom. The fraction of sp³-hybridized carbons (Fsp3) is 0.696. The van der Waals surface area contributed by atoms with Gasteiger partial charge in [-0.3, -0.25) is 24.0 Å². The molecule has 1 saturated heterocycles. The van der Waals surface area contributed by atoms with Gasteiger partial charge >= 0.3 is 0 Å². The van der Waals surface area contributed by atoms with E-state index in [0.717, 1.165) is 29.8 Å². The Kier molecular flexibility index (Phi) is 19.6. The maximum atomic E-state index is 14.5. The number of likely N-dealkylation sites (N-methyl/N-ethyl adjacent to an activating group) is 1. The van der Waals surface area contributed by atoms with Crippen LogP contribution in [0.15, 0.2) is 41.9 Å². The summed E-state index contributed by atoms with van der Waals surface area (Å²) in [6.45, 7) is 12.8. The first-order valence-corrected chi connectivity index (χ1v) is 23.1. The molecule has 8 atom stereocenters. The molecule has 5 amide bonds. The van der Waals surface area contributed by atoms with Gasteiger partial charge in [0.1, 0.15) is 16.6 Å². The van der Waals surface area contributed by atoms with E-state index >= 15 is 0 Å². The van der Waals surface area contributed by atoms with Crippen molar-refractivity contribution in [1.29, 1.82) is 0 Å². The summed E-state index contributed by atoms with van der Waals surface area (Å²) >= 11 is 1.50. The van der Waals surface area contributed by atoms with Crippen LogP contribution in [0.5, 0.6) is 0 Å². The van der Waals surface area contributed by atoms with Crippen LogP contribution in [0.25, 0.3) is 0 Å². The van der Waals surface area contributed by atoms with Gasteiger partial charge in [-0.05, 0) is 56.4 Å². The maximum absolute atomic E-state index is 14.5. The number of nitrogens with one attached hydrogen (secondary N) is 3. The molecule has 1 saturated carbocycles. The number of rotatable bonds is 24. The van der Waals surface area contributed by atoms with Gasteiger partial charge in [0.05, 0.1) is 49.3 Å². The normalized spacial score (nSPS) is 19.6. The minimum absolute atomic E-state index is 0.00935. The predicted octanol–water partition coefficient (Wildman–Crippen LogP) is 5.46. The third-order valence-electron chi connectivity index (χ3n) is 12.8. The number of thiazole rings is 1. The van der Waals surface area contributed by atoms with Crippen LogP contribution in [0.4, 0.5) is 0 Å². The predicted molar refractivity (Wildman–Crippen MR) is 236 cm³/mol. The lowest BCUT2D eigenvalue weighted by Gasteiger charge is -2.41. The summed E-state index contributed by atoms with van der Waals surface area (Å²) in [5.74, 6) is -2.13. The highest BCUT2D eigenvalue weighted by atomic mass is 32.1. The van der Waals surface area contributed by atoms with Crippen molar-refractivity contribution in [3.63, 3.8) is 0 Å². The minimum atomic E-state index is -1.09. The summed E-state index contributed by atoms with van der Waals surface area (Å²) in [6, 6.07) is 7.95. The van der Waals surface area contributed by atoms with Crippen molar-refractivity contribution in [3.05, 3.63) is 52.5 Å². The van der Waals surface area contributed by atoms with Gasteiger partial charge in [-0.1, -0.05) is 84.2 Å². The average Bonchev–Trinajstić information content (AvgIpc) is 4.06. The molecule has 14 nitrogen and oxygen atoms in total. The lowest BCUT2D eigenvalue weighted by molar-refractivity contribution is -0.148. The molecule has 1 aliphatic heterocycles. The van der Waals surface area contributed by atoms with Crippen molar-refractivity contribution in [1.82, 2.24) is 30.7 Å². The van der Waals surface area contributed by atoms with Crippen LogP contribution in [0.3, 0.4) is 0 Å². The molecule has 0 radical (unpaired) electrons. The second-order valence-corrected chi connectivity index (χ2v) is 18.1. The molecule has 340 valence electrons. The van der Waals surface area contributed by atoms with Gasteiger partial charge in [0.15, 0.2) is 0 Å². The smallest absolute Gasteiger partial charge is 0.246 e. The topological polar surface area (TPSA) is 168 Å². The average molecular weight is 869 g/mol. The first kappa shape index (κ1) is 49.7. The maximum Gasteiger partial charge on any atom is 0.246 e. The number of benzene rings is 1. The fourth-order valence-corrected chi connectivity index (χ4v) is 9.79. The summed E-state index contributed by atoms with van der Waals surface area (Å²) in [5, 5.41) is 12.0. The molecule has 3 N–H and O–H groups in total. The van der Waals surface area contributed by atoms with E-state index in [1.807, 2.05) is 82.2 Å². The van der Waals surface area contributed by atoms with Gasteiger partial charge in [0.2, 0.25) is 29.5 Å². The molecular formula is C46H72N6O8S. The van der Waals surface area contributed by atoms with Crippen LogP contribution in [0.2, 0.25) is 0 Å². The molecule has 0 unspecified atom stereocenters. The quantitative estimate of drug-likeness (QED) is 0.116. The summed E-state index contributed by atoms with van der Waals surface area (Å²) in [6.07, 6.45) is 5.96. The van der Waals surface area contributed by atoms with Crippen LogP contribution in [0, 0.1) is 17.8 Å². The third kappa shape index (κ3) is 13.1.